The number of hydrogen-bond donors (Lipinski definition) is 0. The predicted octanol–water partition coefficient (Wildman–Crippen LogP) is 6.10. The van der Waals surface area contributed by atoms with E-state index in [1.54, 1.807) is 24.1 Å². The van der Waals surface area contributed by atoms with E-state index < -0.39 is 6.04 Å². The van der Waals surface area contributed by atoms with E-state index in [1.807, 2.05) is 37.3 Å². The van der Waals surface area contributed by atoms with Gasteiger partial charge in [-0.15, -0.1) is 0 Å². The number of halogens is 1. The standard InChI is InChI=1S/C29H36FNO3/c1-4-5-6-7-10-28(32)31-19-8-9-26(23-13-17-25(34-3)18-14-23)27(29(33)21(31)2)20-22-11-15-24(30)16-12-22/h8-9,11-18,21,26-27H,4-7,10,19-20H2,1-3H3/b9-8-/t21-,26-,27-/m0/s1. The zero-order chi connectivity index (χ0) is 24.5. The highest BCUT2D eigenvalue weighted by molar-refractivity contribution is 5.91. The molecule has 182 valence electrons. The van der Waals surface area contributed by atoms with Gasteiger partial charge in [0.25, 0.3) is 0 Å². The molecule has 1 aliphatic rings. The second kappa shape index (κ2) is 12.5. The number of ether oxygens (including phenoxy) is 1. The Labute approximate surface area is 202 Å². The van der Waals surface area contributed by atoms with Gasteiger partial charge in [-0.2, -0.15) is 0 Å². The van der Waals surface area contributed by atoms with E-state index in [2.05, 4.69) is 13.0 Å². The summed E-state index contributed by atoms with van der Waals surface area (Å²) in [5.41, 5.74) is 1.92. The summed E-state index contributed by atoms with van der Waals surface area (Å²) in [4.78, 5) is 28.5. The number of nitrogens with zero attached hydrogens (tertiary/aromatic N) is 1. The van der Waals surface area contributed by atoms with Gasteiger partial charge < -0.3 is 9.64 Å². The topological polar surface area (TPSA) is 46.6 Å². The van der Waals surface area contributed by atoms with Gasteiger partial charge in [-0.1, -0.05) is 62.6 Å². The molecule has 4 nitrogen and oxygen atoms in total. The summed E-state index contributed by atoms with van der Waals surface area (Å²) < 4.78 is 18.8. The molecule has 2 aromatic rings. The molecule has 5 heteroatoms. The fraction of sp³-hybridized carbons (Fsp3) is 0.448. The maximum atomic E-state index is 13.8. The van der Waals surface area contributed by atoms with Crippen molar-refractivity contribution in [2.45, 2.75) is 64.3 Å². The smallest absolute Gasteiger partial charge is 0.223 e. The highest BCUT2D eigenvalue weighted by atomic mass is 19.1. The summed E-state index contributed by atoms with van der Waals surface area (Å²) in [5.74, 6) is 0.00991. The van der Waals surface area contributed by atoms with Gasteiger partial charge in [-0.3, -0.25) is 9.59 Å². The van der Waals surface area contributed by atoms with Crippen LogP contribution in [0.3, 0.4) is 0 Å². The molecule has 0 aliphatic carbocycles. The van der Waals surface area contributed by atoms with Crippen LogP contribution in [0, 0.1) is 11.7 Å². The molecule has 1 amide bonds. The van der Waals surface area contributed by atoms with Crippen LogP contribution in [-0.4, -0.2) is 36.3 Å². The zero-order valence-electron chi connectivity index (χ0n) is 20.5. The summed E-state index contributed by atoms with van der Waals surface area (Å²) in [6, 6.07) is 13.6. The predicted molar refractivity (Wildman–Crippen MR) is 133 cm³/mol. The highest BCUT2D eigenvalue weighted by Gasteiger charge is 2.36. The van der Waals surface area contributed by atoms with Crippen molar-refractivity contribution in [3.8, 4) is 5.75 Å². The average Bonchev–Trinajstić information content (AvgIpc) is 2.85. The first-order valence-corrected chi connectivity index (χ1v) is 12.3. The monoisotopic (exact) mass is 465 g/mol. The Bertz CT molecular complexity index is 968. The van der Waals surface area contributed by atoms with Crippen molar-refractivity contribution in [2.24, 2.45) is 5.92 Å². The van der Waals surface area contributed by atoms with E-state index in [4.69, 9.17) is 4.74 Å². The third-order valence-corrected chi connectivity index (χ3v) is 6.76. The first-order chi connectivity index (χ1) is 16.4. The molecular formula is C29H36FNO3. The van der Waals surface area contributed by atoms with Gasteiger partial charge in [0, 0.05) is 24.8 Å². The van der Waals surface area contributed by atoms with E-state index in [1.165, 1.54) is 12.1 Å². The Morgan fingerprint density at radius 3 is 2.41 bits per heavy atom. The number of amides is 1. The largest absolute Gasteiger partial charge is 0.497 e. The molecule has 1 heterocycles. The van der Waals surface area contributed by atoms with Crippen LogP contribution in [0.15, 0.2) is 60.7 Å². The third-order valence-electron chi connectivity index (χ3n) is 6.76. The molecule has 2 aromatic carbocycles. The summed E-state index contributed by atoms with van der Waals surface area (Å²) in [7, 11) is 1.63. The fourth-order valence-electron chi connectivity index (χ4n) is 4.69. The first-order valence-electron chi connectivity index (χ1n) is 12.3. The van der Waals surface area contributed by atoms with Crippen molar-refractivity contribution < 1.29 is 18.7 Å². The molecule has 1 aliphatic heterocycles. The number of rotatable bonds is 9. The molecule has 0 aromatic heterocycles. The molecular weight excluding hydrogens is 429 g/mol. The molecule has 3 atom stereocenters. The molecule has 0 spiro atoms. The van der Waals surface area contributed by atoms with Crippen molar-refractivity contribution >= 4 is 11.7 Å². The average molecular weight is 466 g/mol. The van der Waals surface area contributed by atoms with E-state index in [9.17, 15) is 14.0 Å². The maximum Gasteiger partial charge on any atom is 0.223 e. The number of ketones is 1. The van der Waals surface area contributed by atoms with Crippen LogP contribution >= 0.6 is 0 Å². The van der Waals surface area contributed by atoms with Crippen LogP contribution in [0.5, 0.6) is 5.75 Å². The lowest BCUT2D eigenvalue weighted by Crippen LogP contribution is -2.47. The van der Waals surface area contributed by atoms with Gasteiger partial charge in [-0.25, -0.2) is 4.39 Å². The molecule has 0 unspecified atom stereocenters. The lowest BCUT2D eigenvalue weighted by Gasteiger charge is -2.35. The van der Waals surface area contributed by atoms with E-state index in [0.717, 1.165) is 42.6 Å². The SMILES string of the molecule is CCCCCCC(=O)N1C/C=C\[C@@H](c2ccc(OC)cc2)[C@H](Cc2ccc(F)cc2)C(=O)[C@@H]1C. The van der Waals surface area contributed by atoms with Crippen LogP contribution in [0.2, 0.25) is 0 Å². The van der Waals surface area contributed by atoms with Crippen LogP contribution in [0.4, 0.5) is 4.39 Å². The quantitative estimate of drug-likeness (QED) is 0.332. The number of unbranched alkanes of at least 4 members (excludes halogenated alkanes) is 3. The molecule has 0 radical (unpaired) electrons. The van der Waals surface area contributed by atoms with Crippen LogP contribution < -0.4 is 4.74 Å². The number of allylic oxidation sites excluding steroid dienone is 1. The number of benzene rings is 2. The summed E-state index contributed by atoms with van der Waals surface area (Å²) in [5, 5.41) is 0. The maximum absolute atomic E-state index is 13.8. The molecule has 0 bridgehead atoms. The molecule has 0 fully saturated rings. The van der Waals surface area contributed by atoms with E-state index in [0.29, 0.717) is 19.4 Å². The number of methoxy groups -OCH3 is 1. The summed E-state index contributed by atoms with van der Waals surface area (Å²) in [6.07, 6.45) is 9.12. The Hall–Kier alpha value is -2.95. The van der Waals surface area contributed by atoms with Gasteiger partial charge in [-0.05, 0) is 55.2 Å². The van der Waals surface area contributed by atoms with Crippen molar-refractivity contribution in [3.05, 3.63) is 77.6 Å². The number of carbonyl (C=O) groups excluding carboxylic acids is 2. The van der Waals surface area contributed by atoms with Gasteiger partial charge in [0.1, 0.15) is 11.6 Å². The molecule has 0 N–H and O–H groups in total. The molecule has 3 rings (SSSR count). The summed E-state index contributed by atoms with van der Waals surface area (Å²) in [6.45, 7) is 4.41. The lowest BCUT2D eigenvalue weighted by atomic mass is 9.76. The van der Waals surface area contributed by atoms with Crippen molar-refractivity contribution in [3.63, 3.8) is 0 Å². The van der Waals surface area contributed by atoms with Crippen LogP contribution in [0.1, 0.15) is 63.0 Å². The minimum Gasteiger partial charge on any atom is -0.497 e. The first kappa shape index (κ1) is 25.7. The zero-order valence-corrected chi connectivity index (χ0v) is 20.5. The minimum absolute atomic E-state index is 0.0324. The lowest BCUT2D eigenvalue weighted by molar-refractivity contribution is -0.140. The Kier molecular flexibility index (Phi) is 9.43. The normalized spacial score (nSPS) is 21.6. The number of Topliss-reactive ketones (excluding diaryl/α,β-unsaturated/α-hetero) is 1. The molecule has 34 heavy (non-hydrogen) atoms. The Morgan fingerprint density at radius 1 is 1.06 bits per heavy atom. The minimum atomic E-state index is -0.519. The highest BCUT2D eigenvalue weighted by Crippen LogP contribution is 2.34. The Morgan fingerprint density at radius 2 is 1.76 bits per heavy atom. The van der Waals surface area contributed by atoms with Crippen LogP contribution in [-0.2, 0) is 16.0 Å². The van der Waals surface area contributed by atoms with Crippen LogP contribution in [0.25, 0.3) is 0 Å². The van der Waals surface area contributed by atoms with E-state index >= 15 is 0 Å². The van der Waals surface area contributed by atoms with Gasteiger partial charge in [0.05, 0.1) is 13.2 Å². The second-order valence-electron chi connectivity index (χ2n) is 9.10. The van der Waals surface area contributed by atoms with Crippen molar-refractivity contribution in [1.82, 2.24) is 4.90 Å². The Balaban J connectivity index is 1.89. The summed E-state index contributed by atoms with van der Waals surface area (Å²) >= 11 is 0. The van der Waals surface area contributed by atoms with Gasteiger partial charge >= 0.3 is 0 Å². The third kappa shape index (κ3) is 6.55. The van der Waals surface area contributed by atoms with E-state index in [-0.39, 0.29) is 29.3 Å². The van der Waals surface area contributed by atoms with Gasteiger partial charge in [0.15, 0.2) is 5.78 Å². The van der Waals surface area contributed by atoms with Crippen molar-refractivity contribution in [1.29, 1.82) is 0 Å². The van der Waals surface area contributed by atoms with Crippen molar-refractivity contribution in [2.75, 3.05) is 13.7 Å². The fourth-order valence-corrected chi connectivity index (χ4v) is 4.69. The van der Waals surface area contributed by atoms with Gasteiger partial charge in [0.2, 0.25) is 5.91 Å². The number of hydrogen-bond acceptors (Lipinski definition) is 3. The molecule has 0 saturated heterocycles. The molecule has 0 saturated carbocycles. The second-order valence-corrected chi connectivity index (χ2v) is 9.10. The number of carbonyl (C=O) groups is 2.